The van der Waals surface area contributed by atoms with Gasteiger partial charge in [0.2, 0.25) is 29.0 Å². The van der Waals surface area contributed by atoms with Crippen LogP contribution in [0, 0.1) is 11.8 Å². The lowest BCUT2D eigenvalue weighted by molar-refractivity contribution is -0.127. The Morgan fingerprint density at radius 3 is 2.03 bits per heavy atom. The first-order valence-electron chi connectivity index (χ1n) is 10.7. The van der Waals surface area contributed by atoms with Crippen molar-refractivity contribution in [3.8, 4) is 0 Å². The second-order valence-electron chi connectivity index (χ2n) is 8.64. The predicted molar refractivity (Wildman–Crippen MR) is 129 cm³/mol. The highest BCUT2D eigenvalue weighted by atomic mass is 35.5. The molecule has 9 heteroatoms. The lowest BCUT2D eigenvalue weighted by atomic mass is 9.77. The van der Waals surface area contributed by atoms with E-state index in [-0.39, 0.29) is 21.8 Å². The molecule has 3 aliphatic rings. The van der Waals surface area contributed by atoms with Crippen molar-refractivity contribution >= 4 is 63.9 Å². The summed E-state index contributed by atoms with van der Waals surface area (Å²) < 4.78 is 6.22. The summed E-state index contributed by atoms with van der Waals surface area (Å²) in [5, 5.41) is 0.872. The van der Waals surface area contributed by atoms with E-state index in [1.807, 2.05) is 0 Å². The fourth-order valence-electron chi connectivity index (χ4n) is 5.40. The van der Waals surface area contributed by atoms with Gasteiger partial charge in [-0.2, -0.15) is 0 Å². The maximum atomic E-state index is 13.9. The fourth-order valence-corrected chi connectivity index (χ4v) is 6.10. The van der Waals surface area contributed by atoms with E-state index in [4.69, 9.17) is 39.5 Å². The molecule has 6 nitrogen and oxygen atoms in total. The quantitative estimate of drug-likeness (QED) is 0.333. The SMILES string of the molecule is O=C1[C@H]2[C@@H](C(=O)N1c1cccc(Cl)c1)C1(O[C@H]2c2ccc(Cl)cc2Cl)C(=O)c2ccccc2C1=O. The topological polar surface area (TPSA) is 80.8 Å². The van der Waals surface area contributed by atoms with Crippen LogP contribution in [0.2, 0.25) is 15.1 Å². The number of benzene rings is 3. The predicted octanol–water partition coefficient (Wildman–Crippen LogP) is 5.34. The van der Waals surface area contributed by atoms with E-state index < -0.39 is 46.9 Å². The van der Waals surface area contributed by atoms with Gasteiger partial charge in [-0.1, -0.05) is 71.2 Å². The number of anilines is 1. The average Bonchev–Trinajstić information content (AvgIpc) is 3.39. The maximum Gasteiger partial charge on any atom is 0.241 e. The molecule has 174 valence electrons. The summed E-state index contributed by atoms with van der Waals surface area (Å²) in [5.41, 5.74) is -1.27. The molecule has 0 aromatic heterocycles. The van der Waals surface area contributed by atoms with Crippen LogP contribution >= 0.6 is 34.8 Å². The van der Waals surface area contributed by atoms with Crippen molar-refractivity contribution in [2.24, 2.45) is 11.8 Å². The summed E-state index contributed by atoms with van der Waals surface area (Å²) >= 11 is 18.6. The highest BCUT2D eigenvalue weighted by Crippen LogP contribution is 2.58. The van der Waals surface area contributed by atoms with Crippen LogP contribution in [0.25, 0.3) is 0 Å². The molecule has 6 rings (SSSR count). The first-order chi connectivity index (χ1) is 16.8. The van der Waals surface area contributed by atoms with Crippen molar-refractivity contribution in [3.63, 3.8) is 0 Å². The lowest BCUT2D eigenvalue weighted by Gasteiger charge is -2.27. The molecule has 3 atom stereocenters. The Hall–Kier alpha value is -3.03. The van der Waals surface area contributed by atoms with E-state index in [0.29, 0.717) is 15.6 Å². The van der Waals surface area contributed by atoms with Crippen molar-refractivity contribution in [2.75, 3.05) is 4.90 Å². The fraction of sp³-hybridized carbons (Fsp3) is 0.154. The molecule has 2 aliphatic heterocycles. The highest BCUT2D eigenvalue weighted by molar-refractivity contribution is 6.38. The van der Waals surface area contributed by atoms with Crippen molar-refractivity contribution in [3.05, 3.63) is 98.5 Å². The highest BCUT2D eigenvalue weighted by Gasteiger charge is 2.74. The number of fused-ring (bicyclic) bond motifs is 3. The second kappa shape index (κ2) is 7.73. The van der Waals surface area contributed by atoms with Gasteiger partial charge in [-0.3, -0.25) is 19.2 Å². The molecule has 35 heavy (non-hydrogen) atoms. The first-order valence-corrected chi connectivity index (χ1v) is 11.8. The Bertz CT molecular complexity index is 1450. The molecule has 0 N–H and O–H groups in total. The summed E-state index contributed by atoms with van der Waals surface area (Å²) in [6.45, 7) is 0. The number of rotatable bonds is 2. The van der Waals surface area contributed by atoms with Gasteiger partial charge in [0.25, 0.3) is 0 Å². The van der Waals surface area contributed by atoms with Crippen LogP contribution in [0.5, 0.6) is 0 Å². The van der Waals surface area contributed by atoms with Gasteiger partial charge in [0.1, 0.15) is 0 Å². The number of Topliss-reactive ketones (excluding diaryl/α,β-unsaturated/α-hetero) is 2. The van der Waals surface area contributed by atoms with Gasteiger partial charge in [-0.05, 0) is 30.3 Å². The van der Waals surface area contributed by atoms with Gasteiger partial charge in [-0.25, -0.2) is 4.90 Å². The first kappa shape index (κ1) is 22.4. The summed E-state index contributed by atoms with van der Waals surface area (Å²) in [4.78, 5) is 56.1. The Labute approximate surface area is 214 Å². The van der Waals surface area contributed by atoms with Crippen LogP contribution < -0.4 is 4.90 Å². The minimum absolute atomic E-state index is 0.153. The molecule has 0 saturated carbocycles. The van der Waals surface area contributed by atoms with E-state index in [1.54, 1.807) is 42.5 Å². The van der Waals surface area contributed by atoms with Crippen molar-refractivity contribution < 1.29 is 23.9 Å². The standard InChI is InChI=1S/C26H14Cl3NO5/c27-12-4-3-5-14(10-12)30-24(33)19-20(25(30)34)26(22(31)15-6-1-2-7-16(15)23(26)32)35-21(19)17-9-8-13(28)11-18(17)29/h1-11,19-21H/t19-,20-,21-/m0/s1. The third-order valence-electron chi connectivity index (χ3n) is 6.85. The molecule has 2 amide bonds. The summed E-state index contributed by atoms with van der Waals surface area (Å²) in [5.74, 6) is -5.14. The van der Waals surface area contributed by atoms with Crippen molar-refractivity contribution in [1.82, 2.24) is 0 Å². The molecular weight excluding hydrogens is 513 g/mol. The number of ketones is 2. The van der Waals surface area contributed by atoms with E-state index in [1.165, 1.54) is 24.3 Å². The van der Waals surface area contributed by atoms with Crippen LogP contribution in [0.15, 0.2) is 66.7 Å². The minimum Gasteiger partial charge on any atom is -0.349 e. The molecular formula is C26H14Cl3NO5. The summed E-state index contributed by atoms with van der Waals surface area (Å²) in [6, 6.07) is 17.2. The van der Waals surface area contributed by atoms with Gasteiger partial charge in [-0.15, -0.1) is 0 Å². The molecule has 2 heterocycles. The zero-order valence-electron chi connectivity index (χ0n) is 17.7. The molecule has 0 radical (unpaired) electrons. The molecule has 2 fully saturated rings. The van der Waals surface area contributed by atoms with E-state index >= 15 is 0 Å². The van der Waals surface area contributed by atoms with Gasteiger partial charge in [0.05, 0.1) is 23.6 Å². The summed E-state index contributed by atoms with van der Waals surface area (Å²) in [7, 11) is 0. The number of nitrogens with zero attached hydrogens (tertiary/aromatic N) is 1. The van der Waals surface area contributed by atoms with Gasteiger partial charge in [0, 0.05) is 31.8 Å². The average molecular weight is 527 g/mol. The molecule has 3 aromatic rings. The third-order valence-corrected chi connectivity index (χ3v) is 7.65. The van der Waals surface area contributed by atoms with Gasteiger partial charge in [0.15, 0.2) is 0 Å². The number of hydrogen-bond donors (Lipinski definition) is 0. The van der Waals surface area contributed by atoms with Gasteiger partial charge < -0.3 is 4.74 Å². The van der Waals surface area contributed by atoms with Crippen LogP contribution in [0.1, 0.15) is 32.4 Å². The van der Waals surface area contributed by atoms with E-state index in [2.05, 4.69) is 0 Å². The van der Waals surface area contributed by atoms with E-state index in [0.717, 1.165) is 4.90 Å². The number of imide groups is 1. The largest absolute Gasteiger partial charge is 0.349 e. The number of ether oxygens (including phenoxy) is 1. The van der Waals surface area contributed by atoms with Crippen LogP contribution in [-0.4, -0.2) is 29.0 Å². The number of halogens is 3. The second-order valence-corrected chi connectivity index (χ2v) is 9.92. The normalized spacial score (nSPS) is 24.4. The number of hydrogen-bond acceptors (Lipinski definition) is 5. The Morgan fingerprint density at radius 1 is 0.743 bits per heavy atom. The van der Waals surface area contributed by atoms with E-state index in [9.17, 15) is 19.2 Å². The number of carbonyl (C=O) groups is 4. The lowest BCUT2D eigenvalue weighted by Crippen LogP contribution is -2.51. The molecule has 1 aliphatic carbocycles. The Balaban J connectivity index is 1.57. The van der Waals surface area contributed by atoms with Crippen LogP contribution in [0.3, 0.4) is 0 Å². The Kier molecular flexibility index (Phi) is 4.96. The summed E-state index contributed by atoms with van der Waals surface area (Å²) in [6.07, 6.45) is -1.13. The smallest absolute Gasteiger partial charge is 0.241 e. The molecule has 1 spiro atoms. The zero-order valence-corrected chi connectivity index (χ0v) is 20.0. The number of amides is 2. The molecule has 0 bridgehead atoms. The van der Waals surface area contributed by atoms with Crippen LogP contribution in [0.4, 0.5) is 5.69 Å². The third kappa shape index (κ3) is 2.94. The van der Waals surface area contributed by atoms with Gasteiger partial charge >= 0.3 is 0 Å². The zero-order chi connectivity index (χ0) is 24.6. The minimum atomic E-state index is -2.18. The number of carbonyl (C=O) groups excluding carboxylic acids is 4. The molecule has 2 saturated heterocycles. The van der Waals surface area contributed by atoms with Crippen molar-refractivity contribution in [2.45, 2.75) is 11.7 Å². The van der Waals surface area contributed by atoms with Crippen molar-refractivity contribution in [1.29, 1.82) is 0 Å². The maximum absolute atomic E-state index is 13.9. The molecule has 0 unspecified atom stereocenters. The molecule has 3 aromatic carbocycles. The Morgan fingerprint density at radius 2 is 1.40 bits per heavy atom. The van der Waals surface area contributed by atoms with Crippen LogP contribution in [-0.2, 0) is 14.3 Å². The monoisotopic (exact) mass is 525 g/mol.